The highest BCUT2D eigenvalue weighted by atomic mass is 16.4. The van der Waals surface area contributed by atoms with Crippen molar-refractivity contribution in [2.24, 2.45) is 22.2 Å². The molecule has 0 aromatic rings. The Hall–Kier alpha value is -2.93. The summed E-state index contributed by atoms with van der Waals surface area (Å²) in [6.45, 7) is 1.23. The zero-order chi connectivity index (χ0) is 22.8. The van der Waals surface area contributed by atoms with Crippen molar-refractivity contribution in [3.8, 4) is 0 Å². The molecule has 1 heterocycles. The topological polar surface area (TPSA) is 226 Å². The van der Waals surface area contributed by atoms with E-state index in [1.807, 2.05) is 0 Å². The van der Waals surface area contributed by atoms with E-state index in [0.29, 0.717) is 32.2 Å². The average molecular weight is 429 g/mol. The van der Waals surface area contributed by atoms with Crippen molar-refractivity contribution in [3.05, 3.63) is 0 Å². The number of amides is 3. The standard InChI is InChI=1S/C17H31N7O6/c1-9(22-14(27)10(18)4-2-6-21-17(19)20)13(26)23-11(8-25)15(28)24-7-3-5-12(24)16(29)30/h9-12,25H,2-8,18H2,1H3,(H,22,27)(H,23,26)(H,29,30)(H4,19,20,21). The van der Waals surface area contributed by atoms with E-state index in [0.717, 1.165) is 4.90 Å². The molecule has 30 heavy (non-hydrogen) atoms. The molecule has 1 fully saturated rings. The molecule has 0 saturated carbocycles. The lowest BCUT2D eigenvalue weighted by molar-refractivity contribution is -0.150. The summed E-state index contributed by atoms with van der Waals surface area (Å²) in [5.41, 5.74) is 16.2. The Morgan fingerprint density at radius 1 is 1.20 bits per heavy atom. The molecular formula is C17H31N7O6. The van der Waals surface area contributed by atoms with E-state index < -0.39 is 54.5 Å². The summed E-state index contributed by atoms with van der Waals surface area (Å²) >= 11 is 0. The largest absolute Gasteiger partial charge is 0.480 e. The normalized spacial score (nSPS) is 18.8. The summed E-state index contributed by atoms with van der Waals surface area (Å²) in [6.07, 6.45) is 1.58. The first-order chi connectivity index (χ1) is 14.1. The number of aliphatic imine (C=N–C) groups is 1. The average Bonchev–Trinajstić information content (AvgIpc) is 3.18. The van der Waals surface area contributed by atoms with Crippen LogP contribution in [-0.4, -0.2) is 88.6 Å². The highest BCUT2D eigenvalue weighted by Crippen LogP contribution is 2.18. The number of carbonyl (C=O) groups excluding carboxylic acids is 3. The van der Waals surface area contributed by atoms with Crippen LogP contribution in [0.5, 0.6) is 0 Å². The molecule has 0 aliphatic carbocycles. The van der Waals surface area contributed by atoms with Crippen molar-refractivity contribution < 1.29 is 29.4 Å². The van der Waals surface area contributed by atoms with E-state index in [1.54, 1.807) is 0 Å². The molecule has 0 bridgehead atoms. The van der Waals surface area contributed by atoms with Gasteiger partial charge in [-0.25, -0.2) is 4.79 Å². The number of carboxylic acid groups (broad SMARTS) is 1. The molecule has 1 saturated heterocycles. The van der Waals surface area contributed by atoms with Gasteiger partial charge in [0.05, 0.1) is 12.6 Å². The van der Waals surface area contributed by atoms with Crippen LogP contribution in [0, 0.1) is 0 Å². The van der Waals surface area contributed by atoms with Crippen molar-refractivity contribution in [3.63, 3.8) is 0 Å². The number of aliphatic hydroxyl groups is 1. The zero-order valence-corrected chi connectivity index (χ0v) is 16.9. The number of nitrogens with two attached hydrogens (primary N) is 3. The number of hydrogen-bond acceptors (Lipinski definition) is 7. The summed E-state index contributed by atoms with van der Waals surface area (Å²) in [4.78, 5) is 53.1. The molecule has 4 atom stereocenters. The predicted octanol–water partition coefficient (Wildman–Crippen LogP) is -3.58. The minimum absolute atomic E-state index is 0.0603. The maximum absolute atomic E-state index is 12.5. The fraction of sp³-hybridized carbons (Fsp3) is 0.706. The van der Waals surface area contributed by atoms with Gasteiger partial charge >= 0.3 is 5.97 Å². The molecule has 3 amide bonds. The Morgan fingerprint density at radius 3 is 2.43 bits per heavy atom. The van der Waals surface area contributed by atoms with Gasteiger partial charge in [-0.1, -0.05) is 0 Å². The molecule has 170 valence electrons. The fourth-order valence-corrected chi connectivity index (χ4v) is 3.01. The third-order valence-electron chi connectivity index (χ3n) is 4.67. The Morgan fingerprint density at radius 2 is 1.87 bits per heavy atom. The first-order valence-corrected chi connectivity index (χ1v) is 9.64. The van der Waals surface area contributed by atoms with Gasteiger partial charge in [-0.05, 0) is 32.6 Å². The minimum Gasteiger partial charge on any atom is -0.480 e. The molecular weight excluding hydrogens is 398 g/mol. The molecule has 0 radical (unpaired) electrons. The molecule has 1 rings (SSSR count). The molecule has 0 aromatic carbocycles. The van der Waals surface area contributed by atoms with E-state index >= 15 is 0 Å². The van der Waals surface area contributed by atoms with Gasteiger partial charge in [-0.15, -0.1) is 0 Å². The highest BCUT2D eigenvalue weighted by Gasteiger charge is 2.37. The lowest BCUT2D eigenvalue weighted by atomic mass is 10.1. The molecule has 10 N–H and O–H groups in total. The monoisotopic (exact) mass is 429 g/mol. The Balaban J connectivity index is 2.56. The van der Waals surface area contributed by atoms with Crippen LogP contribution in [0.15, 0.2) is 4.99 Å². The summed E-state index contributed by atoms with van der Waals surface area (Å²) in [5, 5.41) is 23.5. The van der Waals surface area contributed by atoms with Crippen LogP contribution < -0.4 is 27.8 Å². The maximum atomic E-state index is 12.5. The van der Waals surface area contributed by atoms with E-state index in [1.165, 1.54) is 6.92 Å². The number of guanidine groups is 1. The number of carbonyl (C=O) groups is 4. The van der Waals surface area contributed by atoms with Gasteiger partial charge in [0.1, 0.15) is 18.1 Å². The highest BCUT2D eigenvalue weighted by molar-refractivity contribution is 5.94. The first-order valence-electron chi connectivity index (χ1n) is 9.64. The molecule has 1 aliphatic rings. The van der Waals surface area contributed by atoms with Gasteiger partial charge in [0.15, 0.2) is 5.96 Å². The summed E-state index contributed by atoms with van der Waals surface area (Å²) in [6, 6.07) is -4.22. The van der Waals surface area contributed by atoms with Crippen LogP contribution in [0.25, 0.3) is 0 Å². The van der Waals surface area contributed by atoms with Crippen LogP contribution in [0.2, 0.25) is 0 Å². The molecule has 4 unspecified atom stereocenters. The van der Waals surface area contributed by atoms with Crippen LogP contribution >= 0.6 is 0 Å². The molecule has 1 aliphatic heterocycles. The number of rotatable bonds is 11. The zero-order valence-electron chi connectivity index (χ0n) is 16.9. The van der Waals surface area contributed by atoms with Crippen molar-refractivity contribution in [1.82, 2.24) is 15.5 Å². The minimum atomic E-state index is -1.31. The number of nitrogens with one attached hydrogen (secondary N) is 2. The molecule has 0 spiro atoms. The Bertz CT molecular complexity index is 667. The van der Waals surface area contributed by atoms with Gasteiger partial charge in [0.2, 0.25) is 17.7 Å². The van der Waals surface area contributed by atoms with Gasteiger partial charge in [-0.3, -0.25) is 19.4 Å². The number of hydrogen-bond donors (Lipinski definition) is 7. The number of nitrogens with zero attached hydrogens (tertiary/aromatic N) is 2. The van der Waals surface area contributed by atoms with Crippen molar-refractivity contribution in [2.45, 2.75) is 56.8 Å². The quantitative estimate of drug-likeness (QED) is 0.0977. The van der Waals surface area contributed by atoms with E-state index in [2.05, 4.69) is 15.6 Å². The third-order valence-corrected chi connectivity index (χ3v) is 4.67. The molecule has 0 aromatic heterocycles. The van der Waals surface area contributed by atoms with Crippen LogP contribution in [0.4, 0.5) is 0 Å². The maximum Gasteiger partial charge on any atom is 0.326 e. The summed E-state index contributed by atoms with van der Waals surface area (Å²) in [7, 11) is 0. The number of aliphatic carboxylic acids is 1. The third kappa shape index (κ3) is 7.48. The number of aliphatic hydroxyl groups excluding tert-OH is 1. The van der Waals surface area contributed by atoms with E-state index in [-0.39, 0.29) is 12.5 Å². The van der Waals surface area contributed by atoms with Gasteiger partial charge in [0, 0.05) is 13.1 Å². The summed E-state index contributed by atoms with van der Waals surface area (Å²) in [5.74, 6) is -3.17. The van der Waals surface area contributed by atoms with Crippen LogP contribution in [0.1, 0.15) is 32.6 Å². The van der Waals surface area contributed by atoms with Gasteiger partial charge < -0.3 is 42.9 Å². The molecule has 13 nitrogen and oxygen atoms in total. The first kappa shape index (κ1) is 25.1. The second-order valence-corrected chi connectivity index (χ2v) is 7.06. The lowest BCUT2D eigenvalue weighted by Crippen LogP contribution is -2.57. The van der Waals surface area contributed by atoms with Crippen molar-refractivity contribution >= 4 is 29.7 Å². The second-order valence-electron chi connectivity index (χ2n) is 7.06. The second kappa shape index (κ2) is 11.9. The molecule has 13 heteroatoms. The van der Waals surface area contributed by atoms with Crippen LogP contribution in [0.3, 0.4) is 0 Å². The summed E-state index contributed by atoms with van der Waals surface area (Å²) < 4.78 is 0. The lowest BCUT2D eigenvalue weighted by Gasteiger charge is -2.27. The van der Waals surface area contributed by atoms with E-state index in [9.17, 15) is 29.4 Å². The Kier molecular flexibility index (Phi) is 9.98. The SMILES string of the molecule is CC(NC(=O)C(N)CCCN=C(N)N)C(=O)NC(CO)C(=O)N1CCCC1C(=O)O. The fourth-order valence-electron chi connectivity index (χ4n) is 3.01. The van der Waals surface area contributed by atoms with Crippen molar-refractivity contribution in [1.29, 1.82) is 0 Å². The van der Waals surface area contributed by atoms with E-state index in [4.69, 9.17) is 17.2 Å². The predicted molar refractivity (Wildman–Crippen MR) is 107 cm³/mol. The van der Waals surface area contributed by atoms with Gasteiger partial charge in [-0.2, -0.15) is 0 Å². The number of carboxylic acids is 1. The Labute approximate surface area is 174 Å². The van der Waals surface area contributed by atoms with Crippen LogP contribution in [-0.2, 0) is 19.2 Å². The number of likely N-dealkylation sites (tertiary alicyclic amines) is 1. The van der Waals surface area contributed by atoms with Gasteiger partial charge in [0.25, 0.3) is 0 Å². The smallest absolute Gasteiger partial charge is 0.326 e. The van der Waals surface area contributed by atoms with Crippen molar-refractivity contribution in [2.75, 3.05) is 19.7 Å².